The number of ether oxygens (including phenoxy) is 1. The molecule has 0 bridgehead atoms. The van der Waals surface area contributed by atoms with E-state index in [9.17, 15) is 9.59 Å². The third-order valence-electron chi connectivity index (χ3n) is 2.07. The van der Waals surface area contributed by atoms with E-state index in [1.165, 1.54) is 0 Å². The van der Waals surface area contributed by atoms with Gasteiger partial charge in [0.1, 0.15) is 6.61 Å². The Balaban J connectivity index is 4.40. The van der Waals surface area contributed by atoms with Crippen molar-refractivity contribution < 1.29 is 19.4 Å². The molecule has 1 unspecified atom stereocenters. The maximum Gasteiger partial charge on any atom is 0.405 e. The average Bonchev–Trinajstić information content (AvgIpc) is 2.08. The lowest BCUT2D eigenvalue weighted by atomic mass is 9.87. The van der Waals surface area contributed by atoms with Gasteiger partial charge in [0.15, 0.2) is 0 Å². The van der Waals surface area contributed by atoms with E-state index in [4.69, 9.17) is 9.84 Å². The highest BCUT2D eigenvalue weighted by Crippen LogP contribution is 2.19. The van der Waals surface area contributed by atoms with Crippen LogP contribution in [0.25, 0.3) is 0 Å². The van der Waals surface area contributed by atoms with E-state index in [-0.39, 0.29) is 12.0 Å². The molecule has 0 heterocycles. The average molecular weight is 229 g/mol. The van der Waals surface area contributed by atoms with Gasteiger partial charge >= 0.3 is 12.1 Å². The molecule has 1 amide bonds. The number of hydrogen-bond acceptors (Lipinski definition) is 3. The van der Waals surface area contributed by atoms with Crippen molar-refractivity contribution in [1.29, 1.82) is 0 Å². The number of hydrogen-bond donors (Lipinski definition) is 2. The molecule has 0 aliphatic carbocycles. The van der Waals surface area contributed by atoms with Crippen LogP contribution in [-0.2, 0) is 9.53 Å². The second kappa shape index (κ2) is 5.53. The zero-order chi connectivity index (χ0) is 12.9. The van der Waals surface area contributed by atoms with Crippen molar-refractivity contribution in [2.24, 2.45) is 5.41 Å². The molecule has 0 aromatic heterocycles. The molecule has 1 atom stereocenters. The van der Waals surface area contributed by atoms with Gasteiger partial charge in [-0.3, -0.25) is 0 Å². The fourth-order valence-electron chi connectivity index (χ4n) is 0.939. The first-order valence-corrected chi connectivity index (χ1v) is 4.96. The largest absolute Gasteiger partial charge is 0.465 e. The van der Waals surface area contributed by atoms with E-state index >= 15 is 0 Å². The van der Waals surface area contributed by atoms with E-state index in [0.717, 1.165) is 0 Å². The van der Waals surface area contributed by atoms with Gasteiger partial charge in [0.2, 0.25) is 0 Å². The van der Waals surface area contributed by atoms with Crippen LogP contribution in [0.3, 0.4) is 0 Å². The number of esters is 1. The molecule has 0 saturated heterocycles. The van der Waals surface area contributed by atoms with Crippen LogP contribution in [-0.4, -0.2) is 29.8 Å². The number of carbonyl (C=O) groups excluding carboxylic acids is 1. The highest BCUT2D eigenvalue weighted by Gasteiger charge is 2.27. The Hall–Kier alpha value is -1.52. The van der Waals surface area contributed by atoms with Crippen molar-refractivity contribution in [1.82, 2.24) is 5.32 Å². The number of nitrogens with one attached hydrogen (secondary N) is 1. The van der Waals surface area contributed by atoms with E-state index in [1.807, 2.05) is 20.8 Å². The standard InChI is InChI=1S/C11H19NO4/c1-7(2)9(13)16-6-8(11(3,4)5)12-10(14)15/h8,12H,1,6H2,2-5H3,(H,14,15). The van der Waals surface area contributed by atoms with Crippen LogP contribution in [0.4, 0.5) is 4.79 Å². The first-order chi connectivity index (χ1) is 7.14. The topological polar surface area (TPSA) is 75.6 Å². The Kier molecular flexibility index (Phi) is 5.01. The molecule has 2 N–H and O–H groups in total. The van der Waals surface area contributed by atoms with Crippen molar-refractivity contribution in [2.45, 2.75) is 33.7 Å². The van der Waals surface area contributed by atoms with Crippen LogP contribution in [0, 0.1) is 5.41 Å². The molecule has 92 valence electrons. The Bertz CT molecular complexity index is 291. The zero-order valence-corrected chi connectivity index (χ0v) is 10.2. The lowest BCUT2D eigenvalue weighted by molar-refractivity contribution is -0.140. The monoisotopic (exact) mass is 229 g/mol. The molecule has 0 spiro atoms. The quantitative estimate of drug-likeness (QED) is 0.569. The van der Waals surface area contributed by atoms with E-state index in [0.29, 0.717) is 5.57 Å². The summed E-state index contributed by atoms with van der Waals surface area (Å²) >= 11 is 0. The molecule has 0 aromatic rings. The Labute approximate surface area is 95.5 Å². The molecule has 0 rings (SSSR count). The number of rotatable bonds is 4. The second-order valence-electron chi connectivity index (χ2n) is 4.75. The van der Waals surface area contributed by atoms with Gasteiger partial charge in [-0.05, 0) is 12.3 Å². The summed E-state index contributed by atoms with van der Waals surface area (Å²) in [6, 6.07) is -0.451. The molecule has 0 fully saturated rings. The summed E-state index contributed by atoms with van der Waals surface area (Å²) in [5, 5.41) is 11.0. The molecule has 0 aromatic carbocycles. The van der Waals surface area contributed by atoms with Crippen LogP contribution in [0.5, 0.6) is 0 Å². The highest BCUT2D eigenvalue weighted by atomic mass is 16.5. The summed E-state index contributed by atoms with van der Waals surface area (Å²) in [6.45, 7) is 10.6. The number of carboxylic acid groups (broad SMARTS) is 1. The first-order valence-electron chi connectivity index (χ1n) is 4.96. The predicted octanol–water partition coefficient (Wildman–Crippen LogP) is 1.79. The normalized spacial score (nSPS) is 12.8. The molecule has 0 aliphatic rings. The van der Waals surface area contributed by atoms with Crippen LogP contribution in [0.1, 0.15) is 27.7 Å². The zero-order valence-electron chi connectivity index (χ0n) is 10.2. The third kappa shape index (κ3) is 5.38. The molecular formula is C11H19NO4. The molecule has 5 nitrogen and oxygen atoms in total. The van der Waals surface area contributed by atoms with Gasteiger partial charge in [-0.1, -0.05) is 27.4 Å². The molecule has 0 aliphatic heterocycles. The minimum Gasteiger partial charge on any atom is -0.465 e. The Morgan fingerprint density at radius 1 is 1.44 bits per heavy atom. The lowest BCUT2D eigenvalue weighted by Gasteiger charge is -2.29. The lowest BCUT2D eigenvalue weighted by Crippen LogP contribution is -2.46. The first kappa shape index (κ1) is 14.5. The molecule has 0 saturated carbocycles. The van der Waals surface area contributed by atoms with Gasteiger partial charge < -0.3 is 15.2 Å². The number of carbonyl (C=O) groups is 2. The molecule has 5 heteroatoms. The van der Waals surface area contributed by atoms with E-state index < -0.39 is 18.1 Å². The Morgan fingerprint density at radius 3 is 2.25 bits per heavy atom. The van der Waals surface area contributed by atoms with Crippen LogP contribution in [0.2, 0.25) is 0 Å². The van der Waals surface area contributed by atoms with Crippen molar-refractivity contribution >= 4 is 12.1 Å². The molecular weight excluding hydrogens is 210 g/mol. The maximum absolute atomic E-state index is 11.2. The fraction of sp³-hybridized carbons (Fsp3) is 0.636. The van der Waals surface area contributed by atoms with Crippen molar-refractivity contribution in [3.63, 3.8) is 0 Å². The predicted molar refractivity (Wildman–Crippen MR) is 60.2 cm³/mol. The number of amides is 1. The van der Waals surface area contributed by atoms with Crippen LogP contribution in [0.15, 0.2) is 12.2 Å². The summed E-state index contributed by atoms with van der Waals surface area (Å²) in [7, 11) is 0. The van der Waals surface area contributed by atoms with Crippen LogP contribution >= 0.6 is 0 Å². The summed E-state index contributed by atoms with van der Waals surface area (Å²) in [6.07, 6.45) is -1.13. The van der Waals surface area contributed by atoms with Gasteiger partial charge in [0.05, 0.1) is 6.04 Å². The van der Waals surface area contributed by atoms with Gasteiger partial charge in [-0.15, -0.1) is 0 Å². The summed E-state index contributed by atoms with van der Waals surface area (Å²) < 4.78 is 4.93. The second-order valence-corrected chi connectivity index (χ2v) is 4.75. The van der Waals surface area contributed by atoms with Crippen LogP contribution < -0.4 is 5.32 Å². The summed E-state index contributed by atoms with van der Waals surface area (Å²) in [5.41, 5.74) is -0.0312. The Morgan fingerprint density at radius 2 is 1.94 bits per heavy atom. The SMILES string of the molecule is C=C(C)C(=O)OCC(NC(=O)O)C(C)(C)C. The van der Waals surface area contributed by atoms with Crippen molar-refractivity contribution in [3.8, 4) is 0 Å². The minimum atomic E-state index is -1.13. The van der Waals surface area contributed by atoms with Gasteiger partial charge in [0.25, 0.3) is 0 Å². The molecule has 0 radical (unpaired) electrons. The fourth-order valence-corrected chi connectivity index (χ4v) is 0.939. The van der Waals surface area contributed by atoms with Crippen molar-refractivity contribution in [3.05, 3.63) is 12.2 Å². The van der Waals surface area contributed by atoms with E-state index in [2.05, 4.69) is 11.9 Å². The minimum absolute atomic E-state index is 0.00148. The smallest absolute Gasteiger partial charge is 0.405 e. The van der Waals surface area contributed by atoms with Gasteiger partial charge in [0, 0.05) is 5.57 Å². The van der Waals surface area contributed by atoms with E-state index in [1.54, 1.807) is 6.92 Å². The van der Waals surface area contributed by atoms with Gasteiger partial charge in [-0.2, -0.15) is 0 Å². The summed E-state index contributed by atoms with van der Waals surface area (Å²) in [5.74, 6) is -0.513. The van der Waals surface area contributed by atoms with Crippen molar-refractivity contribution in [2.75, 3.05) is 6.61 Å². The summed E-state index contributed by atoms with van der Waals surface area (Å²) in [4.78, 5) is 21.7. The maximum atomic E-state index is 11.2. The highest BCUT2D eigenvalue weighted by molar-refractivity contribution is 5.86. The third-order valence-corrected chi connectivity index (χ3v) is 2.07. The molecule has 16 heavy (non-hydrogen) atoms. The van der Waals surface area contributed by atoms with Gasteiger partial charge in [-0.25, -0.2) is 9.59 Å².